The SMILES string of the molecule is CC(C(=O)Nc1nc(-c2ccc3c(c2)CCO3)cs1)C1CNC1.Cl. The highest BCUT2D eigenvalue weighted by atomic mass is 35.5. The number of aromatic nitrogens is 1. The summed E-state index contributed by atoms with van der Waals surface area (Å²) in [6, 6.07) is 6.15. The number of anilines is 1. The molecule has 0 radical (unpaired) electrons. The second kappa shape index (κ2) is 7.09. The van der Waals surface area contributed by atoms with Crippen LogP contribution in [0.25, 0.3) is 11.3 Å². The predicted molar refractivity (Wildman–Crippen MR) is 98.2 cm³/mol. The Morgan fingerprint density at radius 2 is 2.29 bits per heavy atom. The van der Waals surface area contributed by atoms with Crippen molar-refractivity contribution in [3.05, 3.63) is 29.1 Å². The Bertz CT molecular complexity index is 745. The van der Waals surface area contributed by atoms with Gasteiger partial charge >= 0.3 is 0 Å². The number of benzene rings is 1. The van der Waals surface area contributed by atoms with Gasteiger partial charge in [0, 0.05) is 23.3 Å². The van der Waals surface area contributed by atoms with E-state index in [2.05, 4.69) is 21.7 Å². The molecule has 1 aromatic carbocycles. The first kappa shape index (κ1) is 17.2. The van der Waals surface area contributed by atoms with Gasteiger partial charge in [0.05, 0.1) is 12.3 Å². The summed E-state index contributed by atoms with van der Waals surface area (Å²) < 4.78 is 5.53. The molecule has 3 heterocycles. The molecule has 1 saturated heterocycles. The summed E-state index contributed by atoms with van der Waals surface area (Å²) in [5.74, 6) is 1.48. The van der Waals surface area contributed by atoms with Crippen LogP contribution in [0.3, 0.4) is 0 Å². The van der Waals surface area contributed by atoms with Crippen LogP contribution in [0, 0.1) is 11.8 Å². The Balaban J connectivity index is 0.00000169. The minimum Gasteiger partial charge on any atom is -0.493 e. The van der Waals surface area contributed by atoms with E-state index in [0.717, 1.165) is 43.1 Å². The number of rotatable bonds is 4. The molecule has 0 aliphatic carbocycles. The molecule has 2 aliphatic heterocycles. The molecule has 1 aromatic heterocycles. The van der Waals surface area contributed by atoms with E-state index in [1.54, 1.807) is 0 Å². The summed E-state index contributed by atoms with van der Waals surface area (Å²) in [4.78, 5) is 16.8. The maximum absolute atomic E-state index is 12.3. The number of nitrogens with zero attached hydrogens (tertiary/aromatic N) is 1. The molecule has 2 aliphatic rings. The van der Waals surface area contributed by atoms with E-state index in [-0.39, 0.29) is 24.2 Å². The normalized spacial score (nSPS) is 17.2. The molecule has 128 valence electrons. The van der Waals surface area contributed by atoms with Crippen LogP contribution in [0.4, 0.5) is 5.13 Å². The van der Waals surface area contributed by atoms with Gasteiger partial charge in [-0.05, 0) is 42.8 Å². The van der Waals surface area contributed by atoms with Crippen molar-refractivity contribution in [2.24, 2.45) is 11.8 Å². The zero-order valence-electron chi connectivity index (χ0n) is 13.4. The molecule has 2 aromatic rings. The largest absolute Gasteiger partial charge is 0.493 e. The van der Waals surface area contributed by atoms with Crippen molar-refractivity contribution in [2.75, 3.05) is 25.0 Å². The molecule has 1 atom stereocenters. The summed E-state index contributed by atoms with van der Waals surface area (Å²) in [6.45, 7) is 4.59. The monoisotopic (exact) mass is 365 g/mol. The standard InChI is InChI=1S/C17H19N3O2S.ClH/c1-10(13-7-18-8-13)16(21)20-17-19-14(9-23-17)11-2-3-15-12(6-11)4-5-22-15;/h2-3,6,9-10,13,18H,4-5,7-8H2,1H3,(H,19,20,21);1H. The number of carbonyl (C=O) groups excluding carboxylic acids is 1. The molecule has 1 fully saturated rings. The van der Waals surface area contributed by atoms with Crippen LogP contribution in [-0.4, -0.2) is 30.6 Å². The number of hydrogen-bond donors (Lipinski definition) is 2. The molecule has 2 N–H and O–H groups in total. The number of hydrogen-bond acceptors (Lipinski definition) is 5. The highest BCUT2D eigenvalue weighted by molar-refractivity contribution is 7.14. The Morgan fingerprint density at radius 1 is 1.46 bits per heavy atom. The number of halogens is 1. The van der Waals surface area contributed by atoms with Gasteiger partial charge in [0.2, 0.25) is 5.91 Å². The van der Waals surface area contributed by atoms with E-state index in [0.29, 0.717) is 11.0 Å². The highest BCUT2D eigenvalue weighted by Crippen LogP contribution is 2.32. The lowest BCUT2D eigenvalue weighted by Gasteiger charge is -2.31. The second-order valence-corrected chi connectivity index (χ2v) is 7.01. The van der Waals surface area contributed by atoms with E-state index in [1.165, 1.54) is 16.9 Å². The van der Waals surface area contributed by atoms with Crippen molar-refractivity contribution in [2.45, 2.75) is 13.3 Å². The molecular weight excluding hydrogens is 346 g/mol. The quantitative estimate of drug-likeness (QED) is 0.874. The fourth-order valence-corrected chi connectivity index (χ4v) is 3.63. The highest BCUT2D eigenvalue weighted by Gasteiger charge is 2.29. The van der Waals surface area contributed by atoms with E-state index in [1.807, 2.05) is 24.4 Å². The third-order valence-electron chi connectivity index (χ3n) is 4.65. The molecule has 0 bridgehead atoms. The van der Waals surface area contributed by atoms with E-state index >= 15 is 0 Å². The van der Waals surface area contributed by atoms with Crippen LogP contribution < -0.4 is 15.4 Å². The van der Waals surface area contributed by atoms with E-state index in [9.17, 15) is 4.79 Å². The number of fused-ring (bicyclic) bond motifs is 1. The summed E-state index contributed by atoms with van der Waals surface area (Å²) in [7, 11) is 0. The number of carbonyl (C=O) groups is 1. The summed E-state index contributed by atoms with van der Waals surface area (Å²) in [5.41, 5.74) is 3.20. The minimum atomic E-state index is 0. The van der Waals surface area contributed by atoms with Gasteiger partial charge in [-0.15, -0.1) is 23.7 Å². The van der Waals surface area contributed by atoms with Crippen LogP contribution in [0.2, 0.25) is 0 Å². The summed E-state index contributed by atoms with van der Waals surface area (Å²) in [5, 5.41) is 8.81. The van der Waals surface area contributed by atoms with Crippen molar-refractivity contribution in [1.29, 1.82) is 0 Å². The molecule has 0 spiro atoms. The Hall–Kier alpha value is -1.63. The van der Waals surface area contributed by atoms with Gasteiger partial charge in [0.1, 0.15) is 5.75 Å². The molecule has 1 unspecified atom stereocenters. The number of thiazole rings is 1. The smallest absolute Gasteiger partial charge is 0.229 e. The van der Waals surface area contributed by atoms with Crippen molar-refractivity contribution in [1.82, 2.24) is 10.3 Å². The van der Waals surface area contributed by atoms with Crippen molar-refractivity contribution in [3.63, 3.8) is 0 Å². The van der Waals surface area contributed by atoms with E-state index in [4.69, 9.17) is 4.74 Å². The van der Waals surface area contributed by atoms with Gasteiger partial charge in [0.15, 0.2) is 5.13 Å². The van der Waals surface area contributed by atoms with Gasteiger partial charge in [-0.1, -0.05) is 6.92 Å². The Labute approximate surface area is 151 Å². The molecule has 4 rings (SSSR count). The van der Waals surface area contributed by atoms with Crippen molar-refractivity contribution < 1.29 is 9.53 Å². The van der Waals surface area contributed by atoms with Crippen LogP contribution in [-0.2, 0) is 11.2 Å². The molecule has 24 heavy (non-hydrogen) atoms. The molecule has 7 heteroatoms. The van der Waals surface area contributed by atoms with Crippen LogP contribution in [0.15, 0.2) is 23.6 Å². The molecule has 1 amide bonds. The van der Waals surface area contributed by atoms with Gasteiger partial charge < -0.3 is 15.4 Å². The maximum Gasteiger partial charge on any atom is 0.229 e. The van der Waals surface area contributed by atoms with Gasteiger partial charge in [0.25, 0.3) is 0 Å². The molecule has 0 saturated carbocycles. The van der Waals surface area contributed by atoms with Crippen LogP contribution in [0.5, 0.6) is 5.75 Å². The predicted octanol–water partition coefficient (Wildman–Crippen LogP) is 2.96. The lowest BCUT2D eigenvalue weighted by atomic mass is 9.88. The van der Waals surface area contributed by atoms with Crippen molar-refractivity contribution in [3.8, 4) is 17.0 Å². The van der Waals surface area contributed by atoms with Crippen LogP contribution >= 0.6 is 23.7 Å². The molecule has 5 nitrogen and oxygen atoms in total. The lowest BCUT2D eigenvalue weighted by molar-refractivity contribution is -0.121. The topological polar surface area (TPSA) is 63.2 Å². The average Bonchev–Trinajstić information content (AvgIpc) is 3.13. The van der Waals surface area contributed by atoms with E-state index < -0.39 is 0 Å². The molecular formula is C17H20ClN3O2S. The first-order valence-corrected chi connectivity index (χ1v) is 8.82. The van der Waals surface area contributed by atoms with Crippen LogP contribution in [0.1, 0.15) is 12.5 Å². The fraction of sp³-hybridized carbons (Fsp3) is 0.412. The zero-order valence-corrected chi connectivity index (χ0v) is 15.0. The van der Waals surface area contributed by atoms with Gasteiger partial charge in [-0.25, -0.2) is 4.98 Å². The Morgan fingerprint density at radius 3 is 3.04 bits per heavy atom. The summed E-state index contributed by atoms with van der Waals surface area (Å²) in [6.07, 6.45) is 0.948. The van der Waals surface area contributed by atoms with Gasteiger partial charge in [-0.2, -0.15) is 0 Å². The maximum atomic E-state index is 12.3. The minimum absolute atomic E-state index is 0. The lowest BCUT2D eigenvalue weighted by Crippen LogP contribution is -2.48. The fourth-order valence-electron chi connectivity index (χ4n) is 2.91. The Kier molecular flexibility index (Phi) is 5.08. The number of amides is 1. The number of ether oxygens (including phenoxy) is 1. The third kappa shape index (κ3) is 3.27. The second-order valence-electron chi connectivity index (χ2n) is 6.16. The van der Waals surface area contributed by atoms with Crippen molar-refractivity contribution >= 4 is 34.8 Å². The third-order valence-corrected chi connectivity index (χ3v) is 5.41. The first-order chi connectivity index (χ1) is 11.2. The zero-order chi connectivity index (χ0) is 15.8. The van der Waals surface area contributed by atoms with Gasteiger partial charge in [-0.3, -0.25) is 4.79 Å². The number of nitrogens with one attached hydrogen (secondary N) is 2. The summed E-state index contributed by atoms with van der Waals surface area (Å²) >= 11 is 1.47. The average molecular weight is 366 g/mol. The first-order valence-electron chi connectivity index (χ1n) is 7.94.